The van der Waals surface area contributed by atoms with Gasteiger partial charge in [0.15, 0.2) is 16.7 Å². The van der Waals surface area contributed by atoms with E-state index < -0.39 is 6.03 Å². The van der Waals surface area contributed by atoms with Crippen LogP contribution < -0.4 is 16.6 Å². The van der Waals surface area contributed by atoms with Crippen molar-refractivity contribution in [2.45, 2.75) is 0 Å². The van der Waals surface area contributed by atoms with Gasteiger partial charge in [0.25, 0.3) is 0 Å². The Kier molecular flexibility index (Phi) is 0.974. The summed E-state index contributed by atoms with van der Waals surface area (Å²) in [6, 6.07) is -0.577. The van der Waals surface area contributed by atoms with Crippen LogP contribution in [0.2, 0.25) is 0 Å². The van der Waals surface area contributed by atoms with Crippen molar-refractivity contribution >= 4 is 11.8 Å². The number of fused-ring (bicyclic) bond motifs is 1. The van der Waals surface area contributed by atoms with E-state index in [0.717, 1.165) is 0 Å². The molecule has 1 aromatic rings. The molecular formula is C5H3N5O. The number of rotatable bonds is 0. The number of urea groups is 1. The highest BCUT2D eigenvalue weighted by Crippen LogP contribution is 1.85. The molecule has 0 saturated carbocycles. The van der Waals surface area contributed by atoms with Crippen molar-refractivity contribution in [2.24, 2.45) is 9.98 Å². The lowest BCUT2D eigenvalue weighted by molar-refractivity contribution is 0.256. The predicted molar refractivity (Wildman–Crippen MR) is 34.2 cm³/mol. The van der Waals surface area contributed by atoms with Gasteiger partial charge in [-0.1, -0.05) is 0 Å². The average molecular weight is 149 g/mol. The molecule has 2 N–H and O–H groups in total. The van der Waals surface area contributed by atoms with E-state index in [1.165, 1.54) is 6.33 Å². The lowest BCUT2D eigenvalue weighted by Gasteiger charge is -1.84. The number of hydrogen-bond acceptors (Lipinski definition) is 4. The van der Waals surface area contributed by atoms with E-state index in [1.54, 1.807) is 0 Å². The SMILES string of the molecule is Nc1ncnc2c1=NC(=O)N=2. The maximum atomic E-state index is 10.6. The first-order valence-electron chi connectivity index (χ1n) is 2.85. The van der Waals surface area contributed by atoms with Gasteiger partial charge >= 0.3 is 6.03 Å². The number of aromatic nitrogens is 2. The number of hydrogen-bond donors (Lipinski definition) is 1. The second-order valence-corrected chi connectivity index (χ2v) is 1.94. The van der Waals surface area contributed by atoms with Crippen LogP contribution in [0.5, 0.6) is 0 Å². The maximum Gasteiger partial charge on any atom is 0.369 e. The molecule has 6 heteroatoms. The molecule has 0 spiro atoms. The van der Waals surface area contributed by atoms with Crippen molar-refractivity contribution in [2.75, 3.05) is 5.73 Å². The third-order valence-electron chi connectivity index (χ3n) is 1.24. The molecule has 2 rings (SSSR count). The zero-order valence-electron chi connectivity index (χ0n) is 5.35. The Morgan fingerprint density at radius 1 is 1.27 bits per heavy atom. The van der Waals surface area contributed by atoms with Crippen molar-refractivity contribution in [1.82, 2.24) is 9.97 Å². The quantitative estimate of drug-likeness (QED) is 0.482. The van der Waals surface area contributed by atoms with Gasteiger partial charge in [0.1, 0.15) is 6.33 Å². The minimum Gasteiger partial charge on any atom is -0.382 e. The van der Waals surface area contributed by atoms with Gasteiger partial charge in [0.05, 0.1) is 0 Å². The highest BCUT2D eigenvalue weighted by atomic mass is 16.2. The van der Waals surface area contributed by atoms with Crippen LogP contribution in [0.1, 0.15) is 0 Å². The summed E-state index contributed by atoms with van der Waals surface area (Å²) >= 11 is 0. The molecular weight excluding hydrogens is 146 g/mol. The van der Waals surface area contributed by atoms with E-state index in [2.05, 4.69) is 20.0 Å². The van der Waals surface area contributed by atoms with Crippen molar-refractivity contribution in [3.05, 3.63) is 17.2 Å². The lowest BCUT2D eigenvalue weighted by Crippen LogP contribution is -2.29. The minimum atomic E-state index is -0.577. The summed E-state index contributed by atoms with van der Waals surface area (Å²) in [4.78, 5) is 24.9. The summed E-state index contributed by atoms with van der Waals surface area (Å²) in [5.41, 5.74) is 5.63. The Balaban J connectivity index is 2.97. The van der Waals surface area contributed by atoms with Crippen molar-refractivity contribution in [1.29, 1.82) is 0 Å². The topological polar surface area (TPSA) is 93.6 Å². The smallest absolute Gasteiger partial charge is 0.369 e. The summed E-state index contributed by atoms with van der Waals surface area (Å²) in [6.45, 7) is 0. The van der Waals surface area contributed by atoms with E-state index >= 15 is 0 Å². The molecule has 0 aliphatic carbocycles. The highest BCUT2D eigenvalue weighted by Gasteiger charge is 2.07. The first-order chi connectivity index (χ1) is 5.27. The standard InChI is InChI=1S/C5H3N5O/c6-3-2-4(8-1-7-3)10-5(11)9-2/h1H,(H2,6,7,8,10,11). The number of anilines is 1. The van der Waals surface area contributed by atoms with Crippen LogP contribution in [0, 0.1) is 0 Å². The molecule has 0 bridgehead atoms. The van der Waals surface area contributed by atoms with Crippen LogP contribution in [0.4, 0.5) is 10.6 Å². The number of nitrogens with zero attached hydrogens (tertiary/aromatic N) is 4. The number of nitrogen functional groups attached to an aromatic ring is 1. The average Bonchev–Trinajstić information content (AvgIpc) is 2.31. The number of amides is 2. The van der Waals surface area contributed by atoms with Crippen molar-refractivity contribution in [3.63, 3.8) is 0 Å². The summed E-state index contributed by atoms with van der Waals surface area (Å²) in [5, 5.41) is 0.275. The van der Waals surface area contributed by atoms with Crippen LogP contribution in [0.25, 0.3) is 0 Å². The molecule has 0 atom stereocenters. The van der Waals surface area contributed by atoms with E-state index in [-0.39, 0.29) is 16.7 Å². The van der Waals surface area contributed by atoms with Crippen molar-refractivity contribution < 1.29 is 4.79 Å². The summed E-state index contributed by atoms with van der Waals surface area (Å²) < 4.78 is 0. The van der Waals surface area contributed by atoms with Crippen molar-refractivity contribution in [3.8, 4) is 0 Å². The molecule has 54 valence electrons. The molecule has 1 aliphatic rings. The maximum absolute atomic E-state index is 10.6. The van der Waals surface area contributed by atoms with Gasteiger partial charge in [-0.05, 0) is 0 Å². The normalized spacial score (nSPS) is 13.6. The molecule has 6 nitrogen and oxygen atoms in total. The minimum absolute atomic E-state index is 0.185. The Hall–Kier alpha value is -1.85. The lowest BCUT2D eigenvalue weighted by atomic mass is 10.5. The second kappa shape index (κ2) is 1.82. The summed E-state index contributed by atoms with van der Waals surface area (Å²) in [5.74, 6) is 0.185. The monoisotopic (exact) mass is 149 g/mol. The van der Waals surface area contributed by atoms with E-state index in [4.69, 9.17) is 5.73 Å². The van der Waals surface area contributed by atoms with Crippen LogP contribution in [0.3, 0.4) is 0 Å². The molecule has 1 aliphatic heterocycles. The first kappa shape index (κ1) is 5.90. The van der Waals surface area contributed by atoms with Gasteiger partial charge in [-0.2, -0.15) is 9.98 Å². The third kappa shape index (κ3) is 0.759. The Bertz CT molecular complexity index is 437. The van der Waals surface area contributed by atoms with Gasteiger partial charge in [-0.25, -0.2) is 14.8 Å². The Labute approximate surface area is 60.5 Å². The summed E-state index contributed by atoms with van der Waals surface area (Å²) in [6.07, 6.45) is 1.24. The van der Waals surface area contributed by atoms with E-state index in [1.807, 2.05) is 0 Å². The number of nitrogens with two attached hydrogens (primary N) is 1. The van der Waals surface area contributed by atoms with Gasteiger partial charge in [0.2, 0.25) is 0 Å². The second-order valence-electron chi connectivity index (χ2n) is 1.94. The molecule has 11 heavy (non-hydrogen) atoms. The third-order valence-corrected chi connectivity index (χ3v) is 1.24. The van der Waals surface area contributed by atoms with Crippen LogP contribution >= 0.6 is 0 Å². The fourth-order valence-electron chi connectivity index (χ4n) is 0.783. The molecule has 2 amide bonds. The zero-order valence-corrected chi connectivity index (χ0v) is 5.35. The van der Waals surface area contributed by atoms with Crippen LogP contribution in [-0.2, 0) is 0 Å². The fourth-order valence-corrected chi connectivity index (χ4v) is 0.783. The van der Waals surface area contributed by atoms with Gasteiger partial charge in [-0.3, -0.25) is 0 Å². The largest absolute Gasteiger partial charge is 0.382 e. The van der Waals surface area contributed by atoms with Gasteiger partial charge in [-0.15, -0.1) is 0 Å². The molecule has 0 aromatic carbocycles. The summed E-state index contributed by atoms with van der Waals surface area (Å²) in [7, 11) is 0. The molecule has 0 fully saturated rings. The number of carbonyl (C=O) groups is 1. The predicted octanol–water partition coefficient (Wildman–Crippen LogP) is -1.57. The Morgan fingerprint density at radius 3 is 2.82 bits per heavy atom. The van der Waals surface area contributed by atoms with E-state index in [0.29, 0.717) is 0 Å². The van der Waals surface area contributed by atoms with E-state index in [9.17, 15) is 4.79 Å². The molecule has 0 radical (unpaired) electrons. The first-order valence-corrected chi connectivity index (χ1v) is 2.85. The van der Waals surface area contributed by atoms with Crippen LogP contribution in [-0.4, -0.2) is 16.0 Å². The number of carbonyl (C=O) groups excluding carboxylic acids is 1. The highest BCUT2D eigenvalue weighted by molar-refractivity contribution is 5.77. The fraction of sp³-hybridized carbons (Fsp3) is 0. The van der Waals surface area contributed by atoms with Gasteiger partial charge < -0.3 is 5.73 Å². The zero-order chi connectivity index (χ0) is 7.84. The van der Waals surface area contributed by atoms with Crippen LogP contribution in [0.15, 0.2) is 16.3 Å². The molecule has 0 saturated heterocycles. The molecule has 0 unspecified atom stereocenters. The molecule has 1 aromatic heterocycles. The van der Waals surface area contributed by atoms with Gasteiger partial charge in [0, 0.05) is 0 Å². The Morgan fingerprint density at radius 2 is 2.09 bits per heavy atom. The molecule has 2 heterocycles.